The number of hydrogen-bond donors (Lipinski definition) is 2. The lowest BCUT2D eigenvalue weighted by Crippen LogP contribution is -2.54. The fraction of sp³-hybridized carbons (Fsp3) is 0.812. The van der Waals surface area contributed by atoms with Gasteiger partial charge in [0.25, 0.3) is 0 Å². The summed E-state index contributed by atoms with van der Waals surface area (Å²) in [5, 5.41) is 10.7. The van der Waals surface area contributed by atoms with Crippen LogP contribution in [-0.2, 0) is 10.3 Å². The first-order valence-electron chi connectivity index (χ1n) is 8.44. The normalized spacial score (nSPS) is 23.4. The van der Waals surface area contributed by atoms with Gasteiger partial charge in [0.15, 0.2) is 5.82 Å². The van der Waals surface area contributed by atoms with Gasteiger partial charge in [0.1, 0.15) is 5.54 Å². The first-order chi connectivity index (χ1) is 10.6. The average Bonchev–Trinajstić information content (AvgIpc) is 2.74. The van der Waals surface area contributed by atoms with E-state index in [1.807, 2.05) is 6.92 Å². The Labute approximate surface area is 131 Å². The third-order valence-corrected chi connectivity index (χ3v) is 5.21. The summed E-state index contributed by atoms with van der Waals surface area (Å²) < 4.78 is 5.18. The van der Waals surface area contributed by atoms with E-state index in [9.17, 15) is 4.79 Å². The molecule has 1 aromatic heterocycles. The molecule has 22 heavy (non-hydrogen) atoms. The molecule has 1 aliphatic heterocycles. The monoisotopic (exact) mass is 306 g/mol. The Bertz CT molecular complexity index is 516. The van der Waals surface area contributed by atoms with Crippen LogP contribution in [-0.4, -0.2) is 29.1 Å². The summed E-state index contributed by atoms with van der Waals surface area (Å²) in [5.74, 6) is 1.79. The third-order valence-electron chi connectivity index (χ3n) is 5.21. The number of nitrogens with zero attached hydrogens (tertiary/aromatic N) is 2. The largest absolute Gasteiger partial charge is 0.343 e. The molecule has 2 fully saturated rings. The number of amides is 1. The Morgan fingerprint density at radius 1 is 1.32 bits per heavy atom. The van der Waals surface area contributed by atoms with Crippen LogP contribution in [0.3, 0.4) is 0 Å². The van der Waals surface area contributed by atoms with Crippen molar-refractivity contribution in [3.63, 3.8) is 0 Å². The van der Waals surface area contributed by atoms with Gasteiger partial charge in [-0.05, 0) is 31.8 Å². The maximum atomic E-state index is 12.7. The van der Waals surface area contributed by atoms with Crippen molar-refractivity contribution >= 4 is 5.91 Å². The zero-order chi connectivity index (χ0) is 15.6. The maximum Gasteiger partial charge on any atom is 0.224 e. The molecule has 0 aromatic carbocycles. The van der Waals surface area contributed by atoms with Gasteiger partial charge in [0.2, 0.25) is 11.8 Å². The van der Waals surface area contributed by atoms with Crippen molar-refractivity contribution < 1.29 is 9.32 Å². The van der Waals surface area contributed by atoms with Gasteiger partial charge >= 0.3 is 0 Å². The molecule has 2 heterocycles. The van der Waals surface area contributed by atoms with Gasteiger partial charge in [0, 0.05) is 12.8 Å². The second kappa shape index (κ2) is 6.36. The number of carbonyl (C=O) groups is 1. The molecule has 1 aliphatic carbocycles. The number of nitrogens with one attached hydrogen (secondary N) is 2. The molecule has 3 rings (SSSR count). The van der Waals surface area contributed by atoms with E-state index in [0.29, 0.717) is 17.6 Å². The van der Waals surface area contributed by atoms with E-state index in [4.69, 9.17) is 4.52 Å². The number of aromatic nitrogens is 2. The molecular formula is C16H26N4O2. The van der Waals surface area contributed by atoms with Crippen molar-refractivity contribution in [3.8, 4) is 0 Å². The maximum absolute atomic E-state index is 12.7. The SMILES string of the molecule is Cc1nc(C2(NC(=O)C(C)C3CNC3)CCCCCC2)no1. The fourth-order valence-corrected chi connectivity index (χ4v) is 3.46. The van der Waals surface area contributed by atoms with Crippen molar-refractivity contribution in [2.45, 2.75) is 57.9 Å². The molecule has 1 saturated heterocycles. The molecule has 0 radical (unpaired) electrons. The van der Waals surface area contributed by atoms with E-state index in [0.717, 1.165) is 38.8 Å². The molecular weight excluding hydrogens is 280 g/mol. The lowest BCUT2D eigenvalue weighted by molar-refractivity contribution is -0.129. The van der Waals surface area contributed by atoms with E-state index in [1.54, 1.807) is 6.92 Å². The van der Waals surface area contributed by atoms with Crippen molar-refractivity contribution in [2.24, 2.45) is 11.8 Å². The van der Waals surface area contributed by atoms with Crippen LogP contribution >= 0.6 is 0 Å². The van der Waals surface area contributed by atoms with Crippen LogP contribution in [0.1, 0.15) is 57.2 Å². The zero-order valence-corrected chi connectivity index (χ0v) is 13.5. The van der Waals surface area contributed by atoms with Gasteiger partial charge in [-0.25, -0.2) is 0 Å². The average molecular weight is 306 g/mol. The molecule has 1 aromatic rings. The molecule has 6 nitrogen and oxygen atoms in total. The fourth-order valence-electron chi connectivity index (χ4n) is 3.46. The highest BCUT2D eigenvalue weighted by molar-refractivity contribution is 5.79. The number of aryl methyl sites for hydroxylation is 1. The topological polar surface area (TPSA) is 80.0 Å². The lowest BCUT2D eigenvalue weighted by atomic mass is 9.85. The molecule has 0 bridgehead atoms. The summed E-state index contributed by atoms with van der Waals surface area (Å²) in [6.45, 7) is 5.68. The van der Waals surface area contributed by atoms with E-state index >= 15 is 0 Å². The predicted octanol–water partition coefficient (Wildman–Crippen LogP) is 1.90. The molecule has 122 valence electrons. The van der Waals surface area contributed by atoms with Crippen molar-refractivity contribution in [1.82, 2.24) is 20.8 Å². The Morgan fingerprint density at radius 3 is 2.50 bits per heavy atom. The zero-order valence-electron chi connectivity index (χ0n) is 13.5. The Balaban J connectivity index is 1.80. The summed E-state index contributed by atoms with van der Waals surface area (Å²) in [5.41, 5.74) is -0.448. The van der Waals surface area contributed by atoms with Gasteiger partial charge in [-0.2, -0.15) is 4.98 Å². The summed E-state index contributed by atoms with van der Waals surface area (Å²) in [7, 11) is 0. The minimum absolute atomic E-state index is 0.0226. The van der Waals surface area contributed by atoms with E-state index < -0.39 is 5.54 Å². The molecule has 1 amide bonds. The number of rotatable bonds is 4. The van der Waals surface area contributed by atoms with Crippen molar-refractivity contribution in [1.29, 1.82) is 0 Å². The van der Waals surface area contributed by atoms with Crippen LogP contribution in [0.4, 0.5) is 0 Å². The van der Waals surface area contributed by atoms with Crippen LogP contribution in [0.2, 0.25) is 0 Å². The molecule has 1 atom stereocenters. The summed E-state index contributed by atoms with van der Waals surface area (Å²) in [6.07, 6.45) is 6.38. The molecule has 1 unspecified atom stereocenters. The minimum atomic E-state index is -0.448. The van der Waals surface area contributed by atoms with Crippen LogP contribution in [0, 0.1) is 18.8 Å². The van der Waals surface area contributed by atoms with Crippen LogP contribution < -0.4 is 10.6 Å². The summed E-state index contributed by atoms with van der Waals surface area (Å²) in [4.78, 5) is 17.2. The lowest BCUT2D eigenvalue weighted by Gasteiger charge is -2.36. The van der Waals surface area contributed by atoms with E-state index in [1.165, 1.54) is 12.8 Å². The van der Waals surface area contributed by atoms with Crippen molar-refractivity contribution in [3.05, 3.63) is 11.7 Å². The van der Waals surface area contributed by atoms with Crippen molar-refractivity contribution in [2.75, 3.05) is 13.1 Å². The Hall–Kier alpha value is -1.43. The summed E-state index contributed by atoms with van der Waals surface area (Å²) >= 11 is 0. The highest BCUT2D eigenvalue weighted by Gasteiger charge is 2.41. The van der Waals surface area contributed by atoms with Crippen LogP contribution in [0.5, 0.6) is 0 Å². The number of hydrogen-bond acceptors (Lipinski definition) is 5. The van der Waals surface area contributed by atoms with Gasteiger partial charge < -0.3 is 15.2 Å². The molecule has 2 aliphatic rings. The highest BCUT2D eigenvalue weighted by atomic mass is 16.5. The first kappa shape index (κ1) is 15.5. The molecule has 1 saturated carbocycles. The highest BCUT2D eigenvalue weighted by Crippen LogP contribution is 2.35. The number of carbonyl (C=O) groups excluding carboxylic acids is 1. The van der Waals surface area contributed by atoms with Crippen LogP contribution in [0.15, 0.2) is 4.52 Å². The second-order valence-electron chi connectivity index (χ2n) is 6.83. The third kappa shape index (κ3) is 3.02. The smallest absolute Gasteiger partial charge is 0.224 e. The molecule has 6 heteroatoms. The van der Waals surface area contributed by atoms with E-state index in [-0.39, 0.29) is 11.8 Å². The molecule has 2 N–H and O–H groups in total. The second-order valence-corrected chi connectivity index (χ2v) is 6.83. The van der Waals surface area contributed by atoms with E-state index in [2.05, 4.69) is 20.8 Å². The predicted molar refractivity (Wildman–Crippen MR) is 82.1 cm³/mol. The Morgan fingerprint density at radius 2 is 2.00 bits per heavy atom. The standard InChI is InChI=1S/C16H26N4O2/c1-11(13-9-17-10-13)14(21)19-16(7-5-3-4-6-8-16)15-18-12(2)22-20-15/h11,13,17H,3-10H2,1-2H3,(H,19,21). The van der Waals surface area contributed by atoms with Gasteiger partial charge in [-0.3, -0.25) is 4.79 Å². The minimum Gasteiger partial charge on any atom is -0.343 e. The first-order valence-corrected chi connectivity index (χ1v) is 8.44. The van der Waals surface area contributed by atoms with Gasteiger partial charge in [-0.1, -0.05) is 37.8 Å². The Kier molecular flexibility index (Phi) is 4.47. The quantitative estimate of drug-likeness (QED) is 0.831. The summed E-state index contributed by atoms with van der Waals surface area (Å²) in [6, 6.07) is 0. The van der Waals surface area contributed by atoms with Crippen LogP contribution in [0.25, 0.3) is 0 Å². The van der Waals surface area contributed by atoms with Gasteiger partial charge in [0.05, 0.1) is 0 Å². The molecule has 0 spiro atoms. The van der Waals surface area contributed by atoms with Gasteiger partial charge in [-0.15, -0.1) is 0 Å².